The van der Waals surface area contributed by atoms with Gasteiger partial charge in [0, 0.05) is 50.2 Å². The Bertz CT molecular complexity index is 1280. The summed E-state index contributed by atoms with van der Waals surface area (Å²) in [6, 6.07) is 13.5. The van der Waals surface area contributed by atoms with E-state index < -0.39 is 14.0 Å². The molecule has 0 saturated carbocycles. The molecule has 0 spiro atoms. The van der Waals surface area contributed by atoms with Gasteiger partial charge in [0.1, 0.15) is 12.4 Å². The maximum atomic E-state index is 13.8. The molecule has 0 aliphatic carbocycles. The molecule has 0 fully saturated rings. The Kier molecular flexibility index (Phi) is 5.84. The van der Waals surface area contributed by atoms with Crippen LogP contribution >= 0.6 is 0 Å². The van der Waals surface area contributed by atoms with E-state index in [1.807, 2.05) is 24.3 Å². The van der Waals surface area contributed by atoms with Crippen LogP contribution in [0.3, 0.4) is 0 Å². The summed E-state index contributed by atoms with van der Waals surface area (Å²) in [5, 5.41) is 5.59. The molecule has 0 aliphatic heterocycles. The lowest BCUT2D eigenvalue weighted by Gasteiger charge is -2.15. The van der Waals surface area contributed by atoms with Crippen molar-refractivity contribution in [1.82, 2.24) is 19.7 Å². The molecule has 6 nitrogen and oxygen atoms in total. The van der Waals surface area contributed by atoms with Gasteiger partial charge in [-0.15, -0.1) is 0 Å². The highest BCUT2D eigenvalue weighted by atomic mass is 28.3. The van der Waals surface area contributed by atoms with Gasteiger partial charge in [0.2, 0.25) is 11.5 Å². The van der Waals surface area contributed by atoms with E-state index in [0.717, 1.165) is 28.1 Å². The van der Waals surface area contributed by atoms with Crippen molar-refractivity contribution in [2.24, 2.45) is 0 Å². The summed E-state index contributed by atoms with van der Waals surface area (Å²) in [5.74, 6) is -0.558. The highest BCUT2D eigenvalue weighted by molar-refractivity contribution is 6.76. The van der Waals surface area contributed by atoms with Crippen molar-refractivity contribution in [2.45, 2.75) is 32.4 Å². The molecule has 0 aliphatic rings. The fourth-order valence-electron chi connectivity index (χ4n) is 3.37. The van der Waals surface area contributed by atoms with Crippen molar-refractivity contribution in [3.05, 3.63) is 71.2 Å². The van der Waals surface area contributed by atoms with Crippen molar-refractivity contribution < 1.29 is 9.13 Å². The van der Waals surface area contributed by atoms with E-state index in [4.69, 9.17) is 9.84 Å². The predicted octanol–water partition coefficient (Wildman–Crippen LogP) is 4.91. The SMILES string of the molecule is C[Si](C)(C)CCOCn1nc(-c2ccnc(F)c2)c2cc(-c3cc[nH]c(=O)c3)ccc21. The Balaban J connectivity index is 1.75. The summed E-state index contributed by atoms with van der Waals surface area (Å²) in [5.41, 5.74) is 3.69. The van der Waals surface area contributed by atoms with Gasteiger partial charge in [-0.2, -0.15) is 9.49 Å². The Labute approximate surface area is 180 Å². The zero-order valence-corrected chi connectivity index (χ0v) is 18.9. The Hall–Kier alpha value is -3.10. The summed E-state index contributed by atoms with van der Waals surface area (Å²) in [6.07, 6.45) is 3.05. The number of pyridine rings is 2. The molecule has 8 heteroatoms. The summed E-state index contributed by atoms with van der Waals surface area (Å²) >= 11 is 0. The molecule has 4 aromatic rings. The van der Waals surface area contributed by atoms with Crippen LogP contribution in [-0.4, -0.2) is 34.4 Å². The van der Waals surface area contributed by atoms with Crippen LogP contribution in [0.15, 0.2) is 59.7 Å². The summed E-state index contributed by atoms with van der Waals surface area (Å²) in [4.78, 5) is 18.0. The fraction of sp³-hybridized carbons (Fsp3) is 0.261. The molecule has 0 radical (unpaired) electrons. The first-order valence-electron chi connectivity index (χ1n) is 10.2. The Morgan fingerprint density at radius 1 is 1.06 bits per heavy atom. The zero-order chi connectivity index (χ0) is 22.0. The zero-order valence-electron chi connectivity index (χ0n) is 17.9. The second kappa shape index (κ2) is 8.56. The van der Waals surface area contributed by atoms with E-state index in [2.05, 4.69) is 29.6 Å². The number of hydrogen-bond donors (Lipinski definition) is 1. The predicted molar refractivity (Wildman–Crippen MR) is 123 cm³/mol. The average molecular weight is 437 g/mol. The fourth-order valence-corrected chi connectivity index (χ4v) is 4.13. The minimum atomic E-state index is -1.18. The number of hydrogen-bond acceptors (Lipinski definition) is 4. The standard InChI is InChI=1S/C23H25FN4O2Si/c1-31(2,3)11-10-30-15-28-20-5-4-16(17-6-9-26-22(29)14-17)12-19(20)23(27-28)18-7-8-25-21(24)13-18/h4-9,12-14H,10-11,15H2,1-3H3,(H,26,29). The maximum absolute atomic E-state index is 13.8. The number of H-pyrrole nitrogens is 1. The third-order valence-electron chi connectivity index (χ3n) is 5.07. The van der Waals surface area contributed by atoms with E-state index in [1.54, 1.807) is 23.0 Å². The highest BCUT2D eigenvalue weighted by Gasteiger charge is 2.16. The van der Waals surface area contributed by atoms with Gasteiger partial charge in [-0.05, 0) is 41.4 Å². The van der Waals surface area contributed by atoms with Crippen LogP contribution in [0, 0.1) is 5.95 Å². The number of nitrogens with one attached hydrogen (secondary N) is 1. The van der Waals surface area contributed by atoms with Crippen molar-refractivity contribution in [1.29, 1.82) is 0 Å². The third kappa shape index (κ3) is 4.97. The van der Waals surface area contributed by atoms with Gasteiger partial charge in [0.05, 0.1) is 5.52 Å². The van der Waals surface area contributed by atoms with Crippen molar-refractivity contribution in [3.63, 3.8) is 0 Å². The maximum Gasteiger partial charge on any atom is 0.248 e. The molecule has 4 rings (SSSR count). The highest BCUT2D eigenvalue weighted by Crippen LogP contribution is 2.31. The second-order valence-corrected chi connectivity index (χ2v) is 14.4. The van der Waals surface area contributed by atoms with Gasteiger partial charge >= 0.3 is 0 Å². The number of benzene rings is 1. The number of fused-ring (bicyclic) bond motifs is 1. The topological polar surface area (TPSA) is 72.8 Å². The van der Waals surface area contributed by atoms with E-state index in [0.29, 0.717) is 24.6 Å². The van der Waals surface area contributed by atoms with Gasteiger partial charge in [-0.25, -0.2) is 9.67 Å². The number of rotatable bonds is 7. The largest absolute Gasteiger partial charge is 0.360 e. The molecule has 1 N–H and O–H groups in total. The monoisotopic (exact) mass is 436 g/mol. The smallest absolute Gasteiger partial charge is 0.248 e. The summed E-state index contributed by atoms with van der Waals surface area (Å²) in [6.45, 7) is 7.93. The molecule has 1 aromatic carbocycles. The number of halogens is 1. The normalized spacial score (nSPS) is 11.9. The van der Waals surface area contributed by atoms with Gasteiger partial charge in [0.15, 0.2) is 0 Å². The Morgan fingerprint density at radius 3 is 2.61 bits per heavy atom. The van der Waals surface area contributed by atoms with Gasteiger partial charge in [-0.1, -0.05) is 25.7 Å². The van der Waals surface area contributed by atoms with Gasteiger partial charge in [-0.3, -0.25) is 4.79 Å². The van der Waals surface area contributed by atoms with Crippen LogP contribution in [0.25, 0.3) is 33.3 Å². The average Bonchev–Trinajstić information content (AvgIpc) is 3.08. The lowest BCUT2D eigenvalue weighted by Crippen LogP contribution is -2.22. The summed E-state index contributed by atoms with van der Waals surface area (Å²) < 4.78 is 21.5. The van der Waals surface area contributed by atoms with E-state index >= 15 is 0 Å². The van der Waals surface area contributed by atoms with E-state index in [1.165, 1.54) is 12.3 Å². The molecule has 160 valence electrons. The second-order valence-electron chi connectivity index (χ2n) is 8.74. The van der Waals surface area contributed by atoms with Crippen molar-refractivity contribution in [3.8, 4) is 22.4 Å². The lowest BCUT2D eigenvalue weighted by atomic mass is 10.0. The van der Waals surface area contributed by atoms with E-state index in [9.17, 15) is 9.18 Å². The molecule has 0 unspecified atom stereocenters. The first-order chi connectivity index (χ1) is 14.8. The minimum Gasteiger partial charge on any atom is -0.360 e. The molecule has 0 saturated heterocycles. The quantitative estimate of drug-likeness (QED) is 0.254. The number of nitrogens with zero attached hydrogens (tertiary/aromatic N) is 3. The van der Waals surface area contributed by atoms with Crippen LogP contribution < -0.4 is 5.56 Å². The van der Waals surface area contributed by atoms with Crippen molar-refractivity contribution >= 4 is 19.0 Å². The molecule has 3 aromatic heterocycles. The van der Waals surface area contributed by atoms with Crippen LogP contribution in [-0.2, 0) is 11.5 Å². The van der Waals surface area contributed by atoms with Crippen LogP contribution in [0.1, 0.15) is 0 Å². The van der Waals surface area contributed by atoms with Crippen LogP contribution in [0.4, 0.5) is 4.39 Å². The molecular formula is C23H25FN4O2Si. The first-order valence-corrected chi connectivity index (χ1v) is 13.9. The molecule has 31 heavy (non-hydrogen) atoms. The molecule has 0 atom stereocenters. The number of aromatic amines is 1. The molecule has 0 amide bonds. The lowest BCUT2D eigenvalue weighted by molar-refractivity contribution is 0.0818. The third-order valence-corrected chi connectivity index (χ3v) is 6.77. The first kappa shape index (κ1) is 21.1. The minimum absolute atomic E-state index is 0.166. The van der Waals surface area contributed by atoms with Crippen LogP contribution in [0.2, 0.25) is 25.7 Å². The van der Waals surface area contributed by atoms with Gasteiger partial charge < -0.3 is 9.72 Å². The molecule has 0 bridgehead atoms. The summed E-state index contributed by atoms with van der Waals surface area (Å²) in [7, 11) is -1.18. The number of ether oxygens (including phenoxy) is 1. The molecular weight excluding hydrogens is 411 g/mol. The van der Waals surface area contributed by atoms with E-state index in [-0.39, 0.29) is 5.56 Å². The van der Waals surface area contributed by atoms with Gasteiger partial charge in [0.25, 0.3) is 0 Å². The molecule has 3 heterocycles. The van der Waals surface area contributed by atoms with Crippen LogP contribution in [0.5, 0.6) is 0 Å². The van der Waals surface area contributed by atoms with Crippen molar-refractivity contribution in [2.75, 3.05) is 6.61 Å². The Morgan fingerprint density at radius 2 is 1.87 bits per heavy atom. The number of aromatic nitrogens is 4.